The van der Waals surface area contributed by atoms with Crippen molar-refractivity contribution in [2.45, 2.75) is 18.5 Å². The first-order valence-corrected chi connectivity index (χ1v) is 9.14. The number of aliphatic hydroxyl groups is 1. The molecule has 1 amide bonds. The quantitative estimate of drug-likeness (QED) is 0.854. The monoisotopic (exact) mass is 391 g/mol. The number of benzene rings is 2. The highest BCUT2D eigenvalue weighted by Crippen LogP contribution is 2.46. The number of carbonyl (C=O) groups excluding carboxylic acids is 1. The molecule has 1 aliphatic heterocycles. The largest absolute Gasteiger partial charge is 0.448 e. The smallest absolute Gasteiger partial charge is 0.409 e. The maximum absolute atomic E-state index is 13.3. The van der Waals surface area contributed by atoms with Gasteiger partial charge in [0.2, 0.25) is 0 Å². The minimum absolute atomic E-state index is 0.0570. The van der Waals surface area contributed by atoms with Gasteiger partial charge in [-0.05, 0) is 28.7 Å². The van der Waals surface area contributed by atoms with E-state index in [1.807, 2.05) is 48.5 Å². The number of rotatable bonds is 3. The van der Waals surface area contributed by atoms with Gasteiger partial charge >= 0.3 is 12.3 Å². The van der Waals surface area contributed by atoms with Crippen molar-refractivity contribution in [2.75, 3.05) is 26.3 Å². The van der Waals surface area contributed by atoms with Crippen LogP contribution in [-0.2, 0) is 4.74 Å². The number of ether oxygens (including phenoxy) is 1. The van der Waals surface area contributed by atoms with Gasteiger partial charge in [-0.1, -0.05) is 48.5 Å². The predicted molar refractivity (Wildman–Crippen MR) is 96.8 cm³/mol. The Morgan fingerprint density at radius 1 is 1.11 bits per heavy atom. The van der Waals surface area contributed by atoms with E-state index in [1.54, 1.807) is 0 Å². The fourth-order valence-corrected chi connectivity index (χ4v) is 4.16. The Morgan fingerprint density at radius 2 is 1.68 bits per heavy atom. The molecule has 1 heterocycles. The second-order valence-electron chi connectivity index (χ2n) is 7.41. The number of hydrogen-bond donors (Lipinski definition) is 1. The molecule has 0 radical (unpaired) electrons. The van der Waals surface area contributed by atoms with Crippen LogP contribution in [0.5, 0.6) is 0 Å². The minimum atomic E-state index is -4.57. The maximum atomic E-state index is 13.3. The number of alkyl halides is 3. The van der Waals surface area contributed by atoms with E-state index in [1.165, 1.54) is 0 Å². The van der Waals surface area contributed by atoms with Gasteiger partial charge in [0.05, 0.1) is 6.61 Å². The van der Waals surface area contributed by atoms with Gasteiger partial charge in [0.1, 0.15) is 12.0 Å². The van der Waals surface area contributed by atoms with Crippen molar-refractivity contribution in [1.82, 2.24) is 4.90 Å². The van der Waals surface area contributed by atoms with Crippen LogP contribution >= 0.6 is 0 Å². The van der Waals surface area contributed by atoms with E-state index in [4.69, 9.17) is 4.74 Å². The highest BCUT2D eigenvalue weighted by Gasteiger charge is 2.58. The second kappa shape index (κ2) is 6.81. The van der Waals surface area contributed by atoms with E-state index >= 15 is 0 Å². The molecule has 4 rings (SSSR count). The first-order valence-electron chi connectivity index (χ1n) is 9.14. The summed E-state index contributed by atoms with van der Waals surface area (Å²) >= 11 is 0. The maximum Gasteiger partial charge on any atom is 0.409 e. The lowest BCUT2D eigenvalue weighted by Gasteiger charge is -2.29. The van der Waals surface area contributed by atoms with Gasteiger partial charge in [0, 0.05) is 19.0 Å². The molecule has 7 heteroatoms. The molecule has 1 fully saturated rings. The molecule has 2 aliphatic rings. The van der Waals surface area contributed by atoms with E-state index in [9.17, 15) is 23.1 Å². The summed E-state index contributed by atoms with van der Waals surface area (Å²) in [6, 6.07) is 15.7. The summed E-state index contributed by atoms with van der Waals surface area (Å²) in [7, 11) is 0. The molecule has 1 saturated heterocycles. The molecule has 0 saturated carbocycles. The van der Waals surface area contributed by atoms with Crippen LogP contribution in [0.3, 0.4) is 0 Å². The summed E-state index contributed by atoms with van der Waals surface area (Å²) in [5.74, 6) is -0.149. The number of aliphatic hydroxyl groups excluding tert-OH is 1. The number of likely N-dealkylation sites (tertiary alicyclic amines) is 1. The molecule has 1 N–H and O–H groups in total. The Balaban J connectivity index is 1.48. The van der Waals surface area contributed by atoms with Gasteiger partial charge in [-0.15, -0.1) is 0 Å². The Kier molecular flexibility index (Phi) is 4.57. The van der Waals surface area contributed by atoms with Crippen LogP contribution in [0.15, 0.2) is 48.5 Å². The molecule has 0 spiro atoms. The van der Waals surface area contributed by atoms with Crippen molar-refractivity contribution in [3.63, 3.8) is 0 Å². The number of halogens is 3. The highest BCUT2D eigenvalue weighted by molar-refractivity contribution is 5.79. The van der Waals surface area contributed by atoms with Gasteiger partial charge in [0.15, 0.2) is 0 Å². The van der Waals surface area contributed by atoms with E-state index in [0.29, 0.717) is 0 Å². The number of fused-ring (bicyclic) bond motifs is 3. The first kappa shape index (κ1) is 18.8. The van der Waals surface area contributed by atoms with Crippen molar-refractivity contribution in [3.8, 4) is 11.1 Å². The minimum Gasteiger partial charge on any atom is -0.448 e. The van der Waals surface area contributed by atoms with Crippen molar-refractivity contribution < 1.29 is 27.8 Å². The van der Waals surface area contributed by atoms with Gasteiger partial charge in [-0.3, -0.25) is 0 Å². The zero-order chi connectivity index (χ0) is 19.9. The molecular formula is C21H20F3NO3. The lowest BCUT2D eigenvalue weighted by molar-refractivity contribution is -0.229. The van der Waals surface area contributed by atoms with Crippen LogP contribution in [0, 0.1) is 5.41 Å². The number of amides is 1. The molecule has 0 bridgehead atoms. The first-order chi connectivity index (χ1) is 13.4. The zero-order valence-electron chi connectivity index (χ0n) is 15.1. The Morgan fingerprint density at radius 3 is 2.18 bits per heavy atom. The lowest BCUT2D eigenvalue weighted by Crippen LogP contribution is -2.44. The molecule has 2 aromatic carbocycles. The summed E-state index contributed by atoms with van der Waals surface area (Å²) < 4.78 is 45.2. The average Bonchev–Trinajstić information content (AvgIpc) is 3.27. The van der Waals surface area contributed by atoms with Gasteiger partial charge in [-0.2, -0.15) is 13.2 Å². The normalized spacial score (nSPS) is 21.5. The zero-order valence-corrected chi connectivity index (χ0v) is 15.1. The van der Waals surface area contributed by atoms with E-state index in [0.717, 1.165) is 27.2 Å². The molecule has 148 valence electrons. The van der Waals surface area contributed by atoms with Crippen LogP contribution in [0.2, 0.25) is 0 Å². The third-order valence-electron chi connectivity index (χ3n) is 5.85. The van der Waals surface area contributed by atoms with Crippen LogP contribution in [0.1, 0.15) is 23.5 Å². The summed E-state index contributed by atoms with van der Waals surface area (Å²) in [5, 5.41) is 9.27. The molecule has 4 nitrogen and oxygen atoms in total. The van der Waals surface area contributed by atoms with Gasteiger partial charge in [-0.25, -0.2) is 4.79 Å². The molecule has 2 aromatic rings. The topological polar surface area (TPSA) is 49.8 Å². The van der Waals surface area contributed by atoms with Gasteiger partial charge < -0.3 is 14.7 Å². The molecule has 1 aliphatic carbocycles. The third-order valence-corrected chi connectivity index (χ3v) is 5.85. The fourth-order valence-electron chi connectivity index (χ4n) is 4.16. The standard InChI is InChI=1S/C21H20F3NO3/c22-21(23,24)20(13-26)9-10-25(12-20)19(27)28-11-18-16-7-3-1-5-14(16)15-6-2-4-8-17(15)18/h1-8,18,26H,9-13H2. The number of carbonyl (C=O) groups is 1. The number of hydrogen-bond acceptors (Lipinski definition) is 3. The fraction of sp³-hybridized carbons (Fsp3) is 0.381. The van der Waals surface area contributed by atoms with Crippen molar-refractivity contribution in [1.29, 1.82) is 0 Å². The molecule has 0 aromatic heterocycles. The Hall–Kier alpha value is -2.54. The highest BCUT2D eigenvalue weighted by atomic mass is 19.4. The molecular weight excluding hydrogens is 371 g/mol. The average molecular weight is 391 g/mol. The lowest BCUT2D eigenvalue weighted by atomic mass is 9.87. The van der Waals surface area contributed by atoms with Gasteiger partial charge in [0.25, 0.3) is 0 Å². The SMILES string of the molecule is O=C(OCC1c2ccccc2-c2ccccc21)N1CCC(CO)(C(F)(F)F)C1. The second-order valence-corrected chi connectivity index (χ2v) is 7.41. The van der Waals surface area contributed by atoms with Crippen molar-refractivity contribution in [3.05, 3.63) is 59.7 Å². The molecule has 28 heavy (non-hydrogen) atoms. The Bertz CT molecular complexity index is 853. The number of nitrogens with zero attached hydrogens (tertiary/aromatic N) is 1. The van der Waals surface area contributed by atoms with Crippen molar-refractivity contribution in [2.24, 2.45) is 5.41 Å². The third kappa shape index (κ3) is 2.94. The van der Waals surface area contributed by atoms with Crippen LogP contribution in [0.4, 0.5) is 18.0 Å². The van der Waals surface area contributed by atoms with E-state index in [-0.39, 0.29) is 25.5 Å². The molecule has 1 atom stereocenters. The molecule has 1 unspecified atom stereocenters. The summed E-state index contributed by atoms with van der Waals surface area (Å²) in [4.78, 5) is 13.4. The Labute approximate surface area is 160 Å². The summed E-state index contributed by atoms with van der Waals surface area (Å²) in [5.41, 5.74) is 1.97. The van der Waals surface area contributed by atoms with E-state index in [2.05, 4.69) is 0 Å². The summed E-state index contributed by atoms with van der Waals surface area (Å²) in [6.45, 7) is -1.65. The van der Waals surface area contributed by atoms with E-state index < -0.39 is 30.8 Å². The summed E-state index contributed by atoms with van der Waals surface area (Å²) in [6.07, 6.45) is -5.67. The van der Waals surface area contributed by atoms with Crippen molar-refractivity contribution >= 4 is 6.09 Å². The van der Waals surface area contributed by atoms with Crippen LogP contribution in [0.25, 0.3) is 11.1 Å². The van der Waals surface area contributed by atoms with Crippen LogP contribution in [-0.4, -0.2) is 48.6 Å². The van der Waals surface area contributed by atoms with Crippen LogP contribution < -0.4 is 0 Å². The predicted octanol–water partition coefficient (Wildman–Crippen LogP) is 4.18.